The molecule has 1 saturated heterocycles. The highest BCUT2D eigenvalue weighted by Crippen LogP contribution is 2.34. The number of carboxylic acid groups (broad SMARTS) is 1. The van der Waals surface area contributed by atoms with E-state index in [0.717, 1.165) is 0 Å². The first-order chi connectivity index (χ1) is 11.4. The summed E-state index contributed by atoms with van der Waals surface area (Å²) in [5.74, 6) is -0.364. The Morgan fingerprint density at radius 3 is 2.75 bits per heavy atom. The highest BCUT2D eigenvalue weighted by atomic mass is 35.5. The van der Waals surface area contributed by atoms with Gasteiger partial charge in [0, 0.05) is 18.7 Å². The van der Waals surface area contributed by atoms with Gasteiger partial charge in [-0.1, -0.05) is 35.6 Å². The molecule has 1 aliphatic rings. The Hall–Kier alpha value is -2.09. The summed E-state index contributed by atoms with van der Waals surface area (Å²) in [4.78, 5) is 24.9. The van der Waals surface area contributed by atoms with Gasteiger partial charge in [0.2, 0.25) is 0 Å². The van der Waals surface area contributed by atoms with Crippen LogP contribution in [0, 0.1) is 0 Å². The summed E-state index contributed by atoms with van der Waals surface area (Å²) in [5, 5.41) is 9.46. The molecule has 1 N–H and O–H groups in total. The van der Waals surface area contributed by atoms with Crippen molar-refractivity contribution in [1.29, 1.82) is 0 Å². The van der Waals surface area contributed by atoms with Gasteiger partial charge in [-0.3, -0.25) is 9.69 Å². The molecular formula is C16H10ClNO4S2. The summed E-state index contributed by atoms with van der Waals surface area (Å²) >= 11 is 12.4. The molecule has 2 aromatic rings. The average Bonchev–Trinajstić information content (AvgIpc) is 3.09. The van der Waals surface area contributed by atoms with Crippen LogP contribution in [0.15, 0.2) is 39.7 Å². The van der Waals surface area contributed by atoms with E-state index in [1.54, 1.807) is 25.3 Å². The lowest BCUT2D eigenvalue weighted by atomic mass is 10.1. The van der Waals surface area contributed by atoms with Crippen LogP contribution < -0.4 is 0 Å². The largest absolute Gasteiger partial charge is 0.478 e. The van der Waals surface area contributed by atoms with Gasteiger partial charge in [0.05, 0.1) is 15.5 Å². The van der Waals surface area contributed by atoms with Crippen molar-refractivity contribution in [3.8, 4) is 11.3 Å². The molecule has 2 heterocycles. The topological polar surface area (TPSA) is 70.8 Å². The number of thiocarbonyl (C=S) groups is 1. The van der Waals surface area contributed by atoms with Gasteiger partial charge in [0.1, 0.15) is 15.8 Å². The van der Waals surface area contributed by atoms with Crippen LogP contribution in [0.25, 0.3) is 17.4 Å². The van der Waals surface area contributed by atoms with Crippen molar-refractivity contribution in [3.63, 3.8) is 0 Å². The molecule has 5 nitrogen and oxygen atoms in total. The fourth-order valence-electron chi connectivity index (χ4n) is 2.10. The fourth-order valence-corrected chi connectivity index (χ4v) is 3.47. The maximum atomic E-state index is 12.0. The molecule has 0 atom stereocenters. The molecule has 0 radical (unpaired) electrons. The normalized spacial score (nSPS) is 16.2. The van der Waals surface area contributed by atoms with Gasteiger partial charge in [0.25, 0.3) is 5.91 Å². The van der Waals surface area contributed by atoms with Crippen LogP contribution in [0.5, 0.6) is 0 Å². The standard InChI is InChI=1S/C16H10ClNO4S2/c1-18-14(19)13(24-16(18)23)7-9-3-5-12(22-9)10-6-8(15(20)21)2-4-11(10)17/h2-7H,1H3,(H,20,21)/b13-7+. The van der Waals surface area contributed by atoms with Crippen molar-refractivity contribution in [1.82, 2.24) is 4.90 Å². The van der Waals surface area contributed by atoms with E-state index in [2.05, 4.69) is 0 Å². The van der Waals surface area contributed by atoms with E-state index in [0.29, 0.717) is 31.3 Å². The van der Waals surface area contributed by atoms with Gasteiger partial charge in [-0.05, 0) is 30.3 Å². The van der Waals surface area contributed by atoms with Crippen molar-refractivity contribution < 1.29 is 19.1 Å². The maximum Gasteiger partial charge on any atom is 0.335 e. The third-order valence-electron chi connectivity index (χ3n) is 3.37. The van der Waals surface area contributed by atoms with Crippen molar-refractivity contribution >= 4 is 57.9 Å². The number of benzene rings is 1. The van der Waals surface area contributed by atoms with E-state index in [1.165, 1.54) is 34.9 Å². The molecule has 1 aromatic carbocycles. The minimum absolute atomic E-state index is 0.110. The minimum Gasteiger partial charge on any atom is -0.478 e. The zero-order valence-electron chi connectivity index (χ0n) is 12.3. The second-order valence-electron chi connectivity index (χ2n) is 4.94. The number of hydrogen-bond acceptors (Lipinski definition) is 5. The number of hydrogen-bond donors (Lipinski definition) is 1. The van der Waals surface area contributed by atoms with Gasteiger partial charge in [-0.15, -0.1) is 0 Å². The summed E-state index contributed by atoms with van der Waals surface area (Å²) in [6, 6.07) is 7.72. The van der Waals surface area contributed by atoms with Crippen LogP contribution in [0.3, 0.4) is 0 Å². The van der Waals surface area contributed by atoms with Gasteiger partial charge in [-0.25, -0.2) is 4.79 Å². The second-order valence-corrected chi connectivity index (χ2v) is 7.03. The molecule has 0 spiro atoms. The molecule has 1 aliphatic heterocycles. The number of carboxylic acids is 1. The minimum atomic E-state index is -1.05. The summed E-state index contributed by atoms with van der Waals surface area (Å²) < 4.78 is 6.17. The third kappa shape index (κ3) is 3.10. The van der Waals surface area contributed by atoms with Crippen LogP contribution in [0.1, 0.15) is 16.1 Å². The summed E-state index contributed by atoms with van der Waals surface area (Å²) in [6.07, 6.45) is 1.60. The molecule has 122 valence electrons. The highest BCUT2D eigenvalue weighted by Gasteiger charge is 2.29. The van der Waals surface area contributed by atoms with Crippen molar-refractivity contribution in [2.45, 2.75) is 0 Å². The maximum absolute atomic E-state index is 12.0. The van der Waals surface area contributed by atoms with Crippen molar-refractivity contribution in [2.24, 2.45) is 0 Å². The van der Waals surface area contributed by atoms with Crippen LogP contribution in [-0.4, -0.2) is 33.3 Å². The van der Waals surface area contributed by atoms with Crippen molar-refractivity contribution in [2.75, 3.05) is 7.05 Å². The Balaban J connectivity index is 1.95. The summed E-state index contributed by atoms with van der Waals surface area (Å²) in [6.45, 7) is 0. The smallest absolute Gasteiger partial charge is 0.335 e. The van der Waals surface area contributed by atoms with Gasteiger partial charge in [-0.2, -0.15) is 0 Å². The number of rotatable bonds is 3. The quantitative estimate of drug-likeness (QED) is 0.638. The Morgan fingerprint density at radius 2 is 2.12 bits per heavy atom. The highest BCUT2D eigenvalue weighted by molar-refractivity contribution is 8.26. The molecular weight excluding hydrogens is 370 g/mol. The Labute approximate surface area is 151 Å². The Morgan fingerprint density at radius 1 is 1.38 bits per heavy atom. The molecule has 0 bridgehead atoms. The Bertz CT molecular complexity index is 903. The first-order valence-electron chi connectivity index (χ1n) is 6.71. The van der Waals surface area contributed by atoms with E-state index < -0.39 is 5.97 Å². The number of nitrogens with zero attached hydrogens (tertiary/aromatic N) is 1. The average molecular weight is 380 g/mol. The number of furan rings is 1. The lowest BCUT2D eigenvalue weighted by Crippen LogP contribution is -2.22. The zero-order valence-corrected chi connectivity index (χ0v) is 14.7. The predicted molar refractivity (Wildman–Crippen MR) is 97.0 cm³/mol. The zero-order chi connectivity index (χ0) is 17.4. The number of carbonyl (C=O) groups excluding carboxylic acids is 1. The number of amides is 1. The monoisotopic (exact) mass is 379 g/mol. The summed E-state index contributed by atoms with van der Waals surface area (Å²) in [5.41, 5.74) is 0.582. The summed E-state index contributed by atoms with van der Waals surface area (Å²) in [7, 11) is 1.61. The molecule has 0 aliphatic carbocycles. The first-order valence-corrected chi connectivity index (χ1v) is 8.31. The number of aromatic carboxylic acids is 1. The second kappa shape index (κ2) is 6.43. The molecule has 3 rings (SSSR count). The van der Waals surface area contributed by atoms with Crippen LogP contribution >= 0.6 is 35.6 Å². The van der Waals surface area contributed by atoms with Gasteiger partial charge in [0.15, 0.2) is 0 Å². The third-order valence-corrected chi connectivity index (χ3v) is 5.18. The number of thioether (sulfide) groups is 1. The molecule has 1 fully saturated rings. The van der Waals surface area contributed by atoms with E-state index in [4.69, 9.17) is 33.3 Å². The van der Waals surface area contributed by atoms with Gasteiger partial charge < -0.3 is 9.52 Å². The predicted octanol–water partition coefficient (Wildman–Crippen LogP) is 4.13. The molecule has 1 amide bonds. The fraction of sp³-hybridized carbons (Fsp3) is 0.0625. The van der Waals surface area contributed by atoms with E-state index in [1.807, 2.05) is 0 Å². The van der Waals surface area contributed by atoms with Crippen LogP contribution in [0.2, 0.25) is 5.02 Å². The Kier molecular flexibility index (Phi) is 4.49. The van der Waals surface area contributed by atoms with E-state index in [9.17, 15) is 9.59 Å². The lowest BCUT2D eigenvalue weighted by molar-refractivity contribution is -0.121. The molecule has 24 heavy (non-hydrogen) atoms. The van der Waals surface area contributed by atoms with Crippen molar-refractivity contribution in [3.05, 3.63) is 51.6 Å². The number of carbonyl (C=O) groups is 2. The molecule has 1 aromatic heterocycles. The van der Waals surface area contributed by atoms with E-state index >= 15 is 0 Å². The number of likely N-dealkylation sites (N-methyl/N-ethyl adjacent to an activating group) is 1. The SMILES string of the molecule is CN1C(=O)/C(=C\c2ccc(-c3cc(C(=O)O)ccc3Cl)o2)SC1=S. The number of halogens is 1. The van der Waals surface area contributed by atoms with Crippen LogP contribution in [0.4, 0.5) is 0 Å². The van der Waals surface area contributed by atoms with Crippen LogP contribution in [-0.2, 0) is 4.79 Å². The van der Waals surface area contributed by atoms with Gasteiger partial charge >= 0.3 is 5.97 Å². The molecule has 0 unspecified atom stereocenters. The molecule has 8 heteroatoms. The first kappa shape index (κ1) is 16.8. The molecule has 0 saturated carbocycles. The lowest BCUT2D eigenvalue weighted by Gasteiger charge is -2.03. The van der Waals surface area contributed by atoms with E-state index in [-0.39, 0.29) is 11.5 Å².